The number of benzene rings is 1. The highest BCUT2D eigenvalue weighted by molar-refractivity contribution is 9.10. The lowest BCUT2D eigenvalue weighted by Gasteiger charge is -2.10. The number of methoxy groups -OCH3 is 1. The van der Waals surface area contributed by atoms with Gasteiger partial charge < -0.3 is 15.2 Å². The maximum absolute atomic E-state index is 5.81. The first-order chi connectivity index (χ1) is 6.16. The van der Waals surface area contributed by atoms with Crippen molar-refractivity contribution in [1.29, 1.82) is 0 Å². The standard InChI is InChI=1S/C9H12BrNO2/c1-6-7(10)3-4-8(9(6)11)13-5-12-2/h3-4H,5,11H2,1-2H3. The number of rotatable bonds is 3. The minimum absolute atomic E-state index is 0.214. The largest absolute Gasteiger partial charge is 0.465 e. The fourth-order valence-corrected chi connectivity index (χ4v) is 1.27. The molecule has 0 aliphatic rings. The molecule has 0 spiro atoms. The van der Waals surface area contributed by atoms with Crippen molar-refractivity contribution in [2.45, 2.75) is 6.92 Å². The molecular weight excluding hydrogens is 234 g/mol. The molecule has 0 radical (unpaired) electrons. The molecule has 0 saturated heterocycles. The van der Waals surface area contributed by atoms with E-state index in [1.807, 2.05) is 19.1 Å². The van der Waals surface area contributed by atoms with E-state index >= 15 is 0 Å². The Labute approximate surface area is 86.0 Å². The van der Waals surface area contributed by atoms with Gasteiger partial charge in [-0.15, -0.1) is 0 Å². The van der Waals surface area contributed by atoms with Crippen molar-refractivity contribution in [2.75, 3.05) is 19.6 Å². The average Bonchev–Trinajstić information content (AvgIpc) is 2.13. The van der Waals surface area contributed by atoms with Crippen molar-refractivity contribution in [2.24, 2.45) is 0 Å². The second kappa shape index (κ2) is 4.48. The Morgan fingerprint density at radius 2 is 2.15 bits per heavy atom. The Bertz CT molecular complexity index is 302. The minimum atomic E-state index is 0.214. The number of hydrogen-bond donors (Lipinski definition) is 1. The van der Waals surface area contributed by atoms with Crippen molar-refractivity contribution >= 4 is 21.6 Å². The molecule has 0 aromatic heterocycles. The molecule has 1 aromatic rings. The number of nitrogen functional groups attached to an aromatic ring is 1. The van der Waals surface area contributed by atoms with Gasteiger partial charge in [-0.2, -0.15) is 0 Å². The van der Waals surface area contributed by atoms with Crippen molar-refractivity contribution in [3.8, 4) is 5.75 Å². The number of ether oxygens (including phenoxy) is 2. The van der Waals surface area contributed by atoms with Crippen molar-refractivity contribution in [3.05, 3.63) is 22.2 Å². The Morgan fingerprint density at radius 1 is 1.46 bits per heavy atom. The smallest absolute Gasteiger partial charge is 0.188 e. The third-order valence-electron chi connectivity index (χ3n) is 1.74. The van der Waals surface area contributed by atoms with Crippen LogP contribution in [0.3, 0.4) is 0 Å². The van der Waals surface area contributed by atoms with Crippen LogP contribution in [0.4, 0.5) is 5.69 Å². The monoisotopic (exact) mass is 245 g/mol. The normalized spacial score (nSPS) is 10.1. The maximum atomic E-state index is 5.81. The fraction of sp³-hybridized carbons (Fsp3) is 0.333. The van der Waals surface area contributed by atoms with Crippen LogP contribution in [0.1, 0.15) is 5.56 Å². The Balaban J connectivity index is 2.90. The van der Waals surface area contributed by atoms with Gasteiger partial charge in [-0.1, -0.05) is 15.9 Å². The van der Waals surface area contributed by atoms with Crippen LogP contribution in [0, 0.1) is 6.92 Å². The predicted molar refractivity (Wildman–Crippen MR) is 55.8 cm³/mol. The van der Waals surface area contributed by atoms with E-state index < -0.39 is 0 Å². The minimum Gasteiger partial charge on any atom is -0.465 e. The quantitative estimate of drug-likeness (QED) is 0.657. The lowest BCUT2D eigenvalue weighted by Crippen LogP contribution is -2.02. The summed E-state index contributed by atoms with van der Waals surface area (Å²) in [4.78, 5) is 0. The lowest BCUT2D eigenvalue weighted by atomic mass is 10.2. The third kappa shape index (κ3) is 2.35. The second-order valence-electron chi connectivity index (χ2n) is 2.64. The highest BCUT2D eigenvalue weighted by atomic mass is 79.9. The molecule has 0 unspecified atom stereocenters. The number of anilines is 1. The van der Waals surface area contributed by atoms with E-state index in [-0.39, 0.29) is 6.79 Å². The summed E-state index contributed by atoms with van der Waals surface area (Å²) in [6, 6.07) is 3.71. The van der Waals surface area contributed by atoms with Gasteiger partial charge in [0.15, 0.2) is 6.79 Å². The topological polar surface area (TPSA) is 44.5 Å². The van der Waals surface area contributed by atoms with Crippen LogP contribution in [0.25, 0.3) is 0 Å². The van der Waals surface area contributed by atoms with Crippen LogP contribution in [0.2, 0.25) is 0 Å². The zero-order chi connectivity index (χ0) is 9.84. The molecule has 0 fully saturated rings. The maximum Gasteiger partial charge on any atom is 0.188 e. The molecule has 0 aliphatic carbocycles. The van der Waals surface area contributed by atoms with Gasteiger partial charge in [-0.05, 0) is 24.6 Å². The van der Waals surface area contributed by atoms with E-state index in [0.717, 1.165) is 10.0 Å². The average molecular weight is 246 g/mol. The van der Waals surface area contributed by atoms with Crippen LogP contribution < -0.4 is 10.5 Å². The van der Waals surface area contributed by atoms with Crippen LogP contribution in [0.15, 0.2) is 16.6 Å². The first-order valence-corrected chi connectivity index (χ1v) is 4.62. The molecule has 13 heavy (non-hydrogen) atoms. The van der Waals surface area contributed by atoms with E-state index in [9.17, 15) is 0 Å². The molecule has 1 rings (SSSR count). The van der Waals surface area contributed by atoms with E-state index in [1.165, 1.54) is 0 Å². The molecule has 1 aromatic carbocycles. The van der Waals surface area contributed by atoms with E-state index in [2.05, 4.69) is 15.9 Å². The van der Waals surface area contributed by atoms with Gasteiger partial charge in [-0.25, -0.2) is 0 Å². The van der Waals surface area contributed by atoms with E-state index in [0.29, 0.717) is 11.4 Å². The molecule has 0 amide bonds. The first-order valence-electron chi connectivity index (χ1n) is 3.83. The lowest BCUT2D eigenvalue weighted by molar-refractivity contribution is 0.0516. The van der Waals surface area contributed by atoms with Gasteiger partial charge in [0.05, 0.1) is 5.69 Å². The van der Waals surface area contributed by atoms with Crippen LogP contribution in [-0.4, -0.2) is 13.9 Å². The fourth-order valence-electron chi connectivity index (χ4n) is 0.925. The molecule has 0 aliphatic heterocycles. The number of hydrogen-bond acceptors (Lipinski definition) is 3. The Hall–Kier alpha value is -0.740. The summed E-state index contributed by atoms with van der Waals surface area (Å²) >= 11 is 3.38. The van der Waals surface area contributed by atoms with Gasteiger partial charge in [-0.3, -0.25) is 0 Å². The van der Waals surface area contributed by atoms with Gasteiger partial charge in [0.2, 0.25) is 0 Å². The van der Waals surface area contributed by atoms with Crippen LogP contribution >= 0.6 is 15.9 Å². The molecule has 2 N–H and O–H groups in total. The summed E-state index contributed by atoms with van der Waals surface area (Å²) in [7, 11) is 1.57. The predicted octanol–water partition coefficient (Wildman–Crippen LogP) is 2.32. The molecule has 0 bridgehead atoms. The zero-order valence-corrected chi connectivity index (χ0v) is 9.22. The van der Waals surface area contributed by atoms with Crippen molar-refractivity contribution < 1.29 is 9.47 Å². The Kier molecular flexibility index (Phi) is 3.57. The molecule has 0 saturated carbocycles. The summed E-state index contributed by atoms with van der Waals surface area (Å²) in [6.45, 7) is 2.14. The van der Waals surface area contributed by atoms with E-state index in [1.54, 1.807) is 7.11 Å². The van der Waals surface area contributed by atoms with E-state index in [4.69, 9.17) is 15.2 Å². The summed E-state index contributed by atoms with van der Waals surface area (Å²) < 4.78 is 11.0. The number of halogens is 1. The van der Waals surface area contributed by atoms with Gasteiger partial charge in [0.1, 0.15) is 5.75 Å². The first kappa shape index (κ1) is 10.3. The molecular formula is C9H12BrNO2. The summed E-state index contributed by atoms with van der Waals surface area (Å²) in [5, 5.41) is 0. The summed E-state index contributed by atoms with van der Waals surface area (Å²) in [6.07, 6.45) is 0. The van der Waals surface area contributed by atoms with Crippen molar-refractivity contribution in [3.63, 3.8) is 0 Å². The number of nitrogens with two attached hydrogens (primary N) is 1. The summed E-state index contributed by atoms with van der Waals surface area (Å²) in [5.74, 6) is 0.655. The van der Waals surface area contributed by atoms with Crippen LogP contribution in [0.5, 0.6) is 5.75 Å². The molecule has 72 valence electrons. The van der Waals surface area contributed by atoms with Gasteiger partial charge in [0, 0.05) is 11.6 Å². The highest BCUT2D eigenvalue weighted by Crippen LogP contribution is 2.30. The molecule has 4 heteroatoms. The third-order valence-corrected chi connectivity index (χ3v) is 2.60. The summed E-state index contributed by atoms with van der Waals surface area (Å²) in [5.41, 5.74) is 7.44. The van der Waals surface area contributed by atoms with Crippen molar-refractivity contribution in [1.82, 2.24) is 0 Å². The van der Waals surface area contributed by atoms with Gasteiger partial charge in [0.25, 0.3) is 0 Å². The van der Waals surface area contributed by atoms with Gasteiger partial charge >= 0.3 is 0 Å². The zero-order valence-electron chi connectivity index (χ0n) is 7.63. The van der Waals surface area contributed by atoms with Crippen LogP contribution in [-0.2, 0) is 4.74 Å². The Morgan fingerprint density at radius 3 is 2.77 bits per heavy atom. The molecule has 0 heterocycles. The highest BCUT2D eigenvalue weighted by Gasteiger charge is 2.05. The SMILES string of the molecule is COCOc1ccc(Br)c(C)c1N. The molecule has 3 nitrogen and oxygen atoms in total. The second-order valence-corrected chi connectivity index (χ2v) is 3.49. The molecule has 0 atom stereocenters.